The van der Waals surface area contributed by atoms with Crippen LogP contribution in [0.2, 0.25) is 0 Å². The van der Waals surface area contributed by atoms with Crippen LogP contribution < -0.4 is 32.7 Å². The Balaban J connectivity index is 2.57. The summed E-state index contributed by atoms with van der Waals surface area (Å²) in [6, 6.07) is -4.44. The van der Waals surface area contributed by atoms with Crippen molar-refractivity contribution in [2.24, 2.45) is 29.2 Å². The molecule has 1 aliphatic carbocycles. The predicted molar refractivity (Wildman–Crippen MR) is 196 cm³/mol. The van der Waals surface area contributed by atoms with Crippen molar-refractivity contribution in [2.75, 3.05) is 20.1 Å². The number of amides is 5. The number of halogens is 2. The summed E-state index contributed by atoms with van der Waals surface area (Å²) in [7, 11) is 1.59. The number of carbonyl (C=O) groups is 5. The average Bonchev–Trinajstić information content (AvgIpc) is 3.11. The van der Waals surface area contributed by atoms with E-state index >= 15 is 0 Å². The third kappa shape index (κ3) is 14.5. The Morgan fingerprint density at radius 1 is 0.827 bits per heavy atom. The van der Waals surface area contributed by atoms with E-state index in [4.69, 9.17) is 16.2 Å². The van der Waals surface area contributed by atoms with E-state index in [0.29, 0.717) is 25.7 Å². The molecule has 7 atom stereocenters. The standard InChI is InChI=1S/C37H67F2N7O6/c1-7-8-9-13-18-30-24(4)36(51)46(6)29(20-23(2)3)34(49)45-31(26-15-11-10-12-16-26)35(50)44-28(21-40)33(48)43-27(32(47)42-25(5)52-30)17-14-19-37(38,39)22-41/h23-31H,7-22,40-41H2,1-6H3,(H,42,47)(H,43,48)(H,44,50)(H,45,49)/t24-,25+,27+,28+,29+,30-,31+/m1/s1. The van der Waals surface area contributed by atoms with Crippen molar-refractivity contribution in [1.82, 2.24) is 26.2 Å². The Kier molecular flexibility index (Phi) is 19.4. The molecule has 1 aliphatic heterocycles. The van der Waals surface area contributed by atoms with Gasteiger partial charge in [0.05, 0.1) is 18.6 Å². The molecule has 2 fully saturated rings. The molecule has 0 aromatic heterocycles. The first-order valence-corrected chi connectivity index (χ1v) is 19.5. The molecule has 8 N–H and O–H groups in total. The maximum absolute atomic E-state index is 14.2. The van der Waals surface area contributed by atoms with Crippen molar-refractivity contribution < 1.29 is 37.5 Å². The number of nitrogens with zero attached hydrogens (tertiary/aromatic N) is 1. The molecule has 2 rings (SSSR count). The Bertz CT molecular complexity index is 1160. The van der Waals surface area contributed by atoms with Gasteiger partial charge in [-0.1, -0.05) is 72.6 Å². The summed E-state index contributed by atoms with van der Waals surface area (Å²) in [4.78, 5) is 70.9. The summed E-state index contributed by atoms with van der Waals surface area (Å²) in [5.74, 6) is -6.85. The van der Waals surface area contributed by atoms with Gasteiger partial charge >= 0.3 is 0 Å². The molecule has 0 aromatic rings. The first-order valence-electron chi connectivity index (χ1n) is 19.5. The van der Waals surface area contributed by atoms with Crippen LogP contribution in [-0.4, -0.2) is 97.0 Å². The van der Waals surface area contributed by atoms with Gasteiger partial charge in [0.2, 0.25) is 29.5 Å². The van der Waals surface area contributed by atoms with Crippen LogP contribution in [0.3, 0.4) is 0 Å². The van der Waals surface area contributed by atoms with Crippen LogP contribution in [0.15, 0.2) is 0 Å². The molecule has 0 aromatic carbocycles. The molecule has 1 heterocycles. The second kappa shape index (κ2) is 22.3. The van der Waals surface area contributed by atoms with Crippen LogP contribution in [0.1, 0.15) is 125 Å². The molecule has 0 bridgehead atoms. The first-order chi connectivity index (χ1) is 24.5. The minimum atomic E-state index is -3.15. The van der Waals surface area contributed by atoms with Gasteiger partial charge in [0, 0.05) is 20.0 Å². The summed E-state index contributed by atoms with van der Waals surface area (Å²) < 4.78 is 34.4. The zero-order valence-corrected chi connectivity index (χ0v) is 32.3. The van der Waals surface area contributed by atoms with Crippen LogP contribution in [0.4, 0.5) is 8.78 Å². The van der Waals surface area contributed by atoms with Crippen LogP contribution in [0, 0.1) is 17.8 Å². The second-order valence-electron chi connectivity index (χ2n) is 15.3. The molecule has 0 unspecified atom stereocenters. The fraction of sp³-hybridized carbons (Fsp3) is 0.865. The maximum Gasteiger partial charge on any atom is 0.260 e. The molecule has 1 saturated carbocycles. The molecule has 13 nitrogen and oxygen atoms in total. The zero-order valence-electron chi connectivity index (χ0n) is 32.3. The lowest BCUT2D eigenvalue weighted by Gasteiger charge is -2.36. The molecular formula is C37H67F2N7O6. The van der Waals surface area contributed by atoms with Crippen molar-refractivity contribution in [3.8, 4) is 0 Å². The maximum atomic E-state index is 14.2. The van der Waals surface area contributed by atoms with Crippen LogP contribution in [-0.2, 0) is 28.7 Å². The monoisotopic (exact) mass is 744 g/mol. The third-order valence-corrected chi connectivity index (χ3v) is 10.4. The van der Waals surface area contributed by atoms with Gasteiger partial charge in [-0.15, -0.1) is 0 Å². The Morgan fingerprint density at radius 3 is 2.06 bits per heavy atom. The molecule has 5 amide bonds. The van der Waals surface area contributed by atoms with E-state index in [1.807, 2.05) is 13.8 Å². The smallest absolute Gasteiger partial charge is 0.260 e. The van der Waals surface area contributed by atoms with Gasteiger partial charge < -0.3 is 42.4 Å². The molecule has 0 spiro atoms. The minimum absolute atomic E-state index is 0.0391. The van der Waals surface area contributed by atoms with E-state index < -0.39 is 84.9 Å². The number of hydrogen-bond acceptors (Lipinski definition) is 8. The predicted octanol–water partition coefficient (Wildman–Crippen LogP) is 3.08. The van der Waals surface area contributed by atoms with Crippen LogP contribution >= 0.6 is 0 Å². The van der Waals surface area contributed by atoms with E-state index in [1.165, 1.54) is 4.90 Å². The van der Waals surface area contributed by atoms with E-state index in [1.54, 1.807) is 20.9 Å². The van der Waals surface area contributed by atoms with E-state index in [2.05, 4.69) is 28.2 Å². The van der Waals surface area contributed by atoms with Crippen molar-refractivity contribution in [2.45, 2.75) is 167 Å². The number of nitrogens with one attached hydrogen (secondary N) is 4. The van der Waals surface area contributed by atoms with Crippen molar-refractivity contribution in [1.29, 1.82) is 0 Å². The lowest BCUT2D eigenvalue weighted by molar-refractivity contribution is -0.150. The molecule has 0 radical (unpaired) electrons. The largest absolute Gasteiger partial charge is 0.355 e. The number of carbonyl (C=O) groups excluding carboxylic acids is 5. The van der Waals surface area contributed by atoms with Gasteiger partial charge in [-0.05, 0) is 57.3 Å². The van der Waals surface area contributed by atoms with E-state index in [9.17, 15) is 32.8 Å². The van der Waals surface area contributed by atoms with Gasteiger partial charge in [0.15, 0.2) is 0 Å². The number of likely N-dealkylation sites (N-methyl/N-ethyl adjacent to an activating group) is 1. The Labute approximate surface area is 309 Å². The van der Waals surface area contributed by atoms with Gasteiger partial charge in [-0.2, -0.15) is 0 Å². The van der Waals surface area contributed by atoms with E-state index in [0.717, 1.165) is 44.9 Å². The molecule has 2 aliphatic rings. The van der Waals surface area contributed by atoms with E-state index in [-0.39, 0.29) is 37.1 Å². The number of nitrogens with two attached hydrogens (primary N) is 2. The Morgan fingerprint density at radius 2 is 1.46 bits per heavy atom. The third-order valence-electron chi connectivity index (χ3n) is 10.4. The molecule has 300 valence electrons. The first kappa shape index (κ1) is 45.2. The Hall–Kier alpha value is -2.91. The van der Waals surface area contributed by atoms with Crippen LogP contribution in [0.25, 0.3) is 0 Å². The number of alkyl halides is 2. The van der Waals surface area contributed by atoms with Crippen molar-refractivity contribution in [3.63, 3.8) is 0 Å². The summed E-state index contributed by atoms with van der Waals surface area (Å²) in [6.45, 7) is 8.16. The summed E-state index contributed by atoms with van der Waals surface area (Å²) in [5.41, 5.74) is 11.2. The highest BCUT2D eigenvalue weighted by atomic mass is 19.3. The second-order valence-corrected chi connectivity index (χ2v) is 15.3. The van der Waals surface area contributed by atoms with Gasteiger partial charge in [-0.3, -0.25) is 24.0 Å². The average molecular weight is 744 g/mol. The number of unbranched alkanes of at least 4 members (excludes halogenated alkanes) is 3. The van der Waals surface area contributed by atoms with Crippen molar-refractivity contribution in [3.05, 3.63) is 0 Å². The van der Waals surface area contributed by atoms with Gasteiger partial charge in [-0.25, -0.2) is 8.78 Å². The number of rotatable bonds is 14. The highest BCUT2D eigenvalue weighted by Gasteiger charge is 2.39. The molecular weight excluding hydrogens is 676 g/mol. The zero-order chi connectivity index (χ0) is 39.0. The lowest BCUT2D eigenvalue weighted by Crippen LogP contribution is -2.62. The summed E-state index contributed by atoms with van der Waals surface area (Å²) >= 11 is 0. The van der Waals surface area contributed by atoms with Gasteiger partial charge in [0.1, 0.15) is 30.4 Å². The van der Waals surface area contributed by atoms with Crippen molar-refractivity contribution >= 4 is 29.5 Å². The van der Waals surface area contributed by atoms with Crippen LogP contribution in [0.5, 0.6) is 0 Å². The summed E-state index contributed by atoms with van der Waals surface area (Å²) in [5, 5.41) is 11.0. The topological polar surface area (TPSA) is 198 Å². The molecule has 15 heteroatoms. The molecule has 52 heavy (non-hydrogen) atoms. The number of ether oxygens (including phenoxy) is 1. The SMILES string of the molecule is CCCCCC[C@H]1O[C@@H](C)NC(=O)[C@H](CCCC(F)(F)CN)NC(=O)[C@H](CN)NC(=O)[C@H](C2CCCCC2)NC(=O)[C@H](CC(C)C)N(C)C(=O)[C@@H]1C. The quantitative estimate of drug-likeness (QED) is 0.146. The fourth-order valence-electron chi connectivity index (χ4n) is 7.14. The summed E-state index contributed by atoms with van der Waals surface area (Å²) in [6.07, 6.45) is 6.22. The van der Waals surface area contributed by atoms with Gasteiger partial charge in [0.25, 0.3) is 5.92 Å². The highest BCUT2D eigenvalue weighted by Crippen LogP contribution is 2.28. The normalized spacial score (nSPS) is 28.5. The molecule has 1 saturated heterocycles. The lowest BCUT2D eigenvalue weighted by atomic mass is 9.83. The number of hydrogen-bond donors (Lipinski definition) is 6. The fourth-order valence-corrected chi connectivity index (χ4v) is 7.14. The minimum Gasteiger partial charge on any atom is -0.355 e. The highest BCUT2D eigenvalue weighted by molar-refractivity contribution is 5.96.